The Morgan fingerprint density at radius 2 is 2.00 bits per heavy atom. The van der Waals surface area contributed by atoms with Gasteiger partial charge in [-0.1, -0.05) is 18.2 Å². The molecule has 17 heavy (non-hydrogen) atoms. The number of halogens is 1. The van der Waals surface area contributed by atoms with E-state index in [1.165, 1.54) is 0 Å². The second kappa shape index (κ2) is 4.37. The highest BCUT2D eigenvalue weighted by Crippen LogP contribution is 2.35. The first kappa shape index (κ1) is 11.9. The molecule has 3 nitrogen and oxygen atoms in total. The number of anilines is 1. The zero-order chi connectivity index (χ0) is 12.6. The fraction of sp³-hybridized carbons (Fsp3) is 0.154. The molecule has 0 atom stereocenters. The maximum absolute atomic E-state index is 11.5. The first-order valence-electron chi connectivity index (χ1n) is 5.26. The van der Waals surface area contributed by atoms with Gasteiger partial charge in [0.15, 0.2) is 5.78 Å². The largest absolute Gasteiger partial charge is 0.398 e. The number of rotatable bonds is 2. The van der Waals surface area contributed by atoms with Gasteiger partial charge < -0.3 is 10.7 Å². The number of nitrogens with two attached hydrogens (primary N) is 1. The normalized spacial score (nSPS) is 10.5. The van der Waals surface area contributed by atoms with Gasteiger partial charge in [0, 0.05) is 16.9 Å². The lowest BCUT2D eigenvalue weighted by Gasteiger charge is -2.03. The standard InChI is InChI=1S/C13H13BrN2O/c1-7-11(8(2)17)12(14)13(16-7)9-5-3-4-6-10(9)15/h3-6,16H,15H2,1-2H3. The molecular formula is C13H13BrN2O. The summed E-state index contributed by atoms with van der Waals surface area (Å²) in [4.78, 5) is 14.7. The van der Waals surface area contributed by atoms with Gasteiger partial charge in [-0.05, 0) is 35.8 Å². The van der Waals surface area contributed by atoms with Gasteiger partial charge in [-0.15, -0.1) is 0 Å². The third-order valence-corrected chi connectivity index (χ3v) is 3.50. The number of nitrogens with one attached hydrogen (secondary N) is 1. The topological polar surface area (TPSA) is 58.9 Å². The van der Waals surface area contributed by atoms with E-state index >= 15 is 0 Å². The number of benzene rings is 1. The number of aromatic nitrogens is 1. The summed E-state index contributed by atoms with van der Waals surface area (Å²) >= 11 is 3.47. The lowest BCUT2D eigenvalue weighted by atomic mass is 10.1. The highest BCUT2D eigenvalue weighted by atomic mass is 79.9. The summed E-state index contributed by atoms with van der Waals surface area (Å²) in [6.07, 6.45) is 0. The van der Waals surface area contributed by atoms with Crippen LogP contribution in [0.1, 0.15) is 23.0 Å². The summed E-state index contributed by atoms with van der Waals surface area (Å²) in [5, 5.41) is 0. The van der Waals surface area contributed by atoms with Gasteiger partial charge in [0.1, 0.15) is 0 Å². The van der Waals surface area contributed by atoms with Crippen LogP contribution in [0.4, 0.5) is 5.69 Å². The molecule has 1 aromatic heterocycles. The number of H-pyrrole nitrogens is 1. The summed E-state index contributed by atoms with van der Waals surface area (Å²) < 4.78 is 0.778. The van der Waals surface area contributed by atoms with Crippen molar-refractivity contribution in [1.82, 2.24) is 4.98 Å². The lowest BCUT2D eigenvalue weighted by Crippen LogP contribution is -1.93. The van der Waals surface area contributed by atoms with Crippen LogP contribution in [0.5, 0.6) is 0 Å². The van der Waals surface area contributed by atoms with Crippen LogP contribution in [0.15, 0.2) is 28.7 Å². The summed E-state index contributed by atoms with van der Waals surface area (Å²) in [5.74, 6) is 0.0337. The van der Waals surface area contributed by atoms with Crippen molar-refractivity contribution in [2.24, 2.45) is 0 Å². The number of aromatic amines is 1. The highest BCUT2D eigenvalue weighted by molar-refractivity contribution is 9.10. The first-order chi connectivity index (χ1) is 8.02. The molecule has 0 aliphatic rings. The fourth-order valence-electron chi connectivity index (χ4n) is 1.92. The van der Waals surface area contributed by atoms with E-state index in [2.05, 4.69) is 20.9 Å². The van der Waals surface area contributed by atoms with Crippen molar-refractivity contribution in [3.05, 3.63) is 40.0 Å². The van der Waals surface area contributed by atoms with Crippen molar-refractivity contribution < 1.29 is 4.79 Å². The third kappa shape index (κ3) is 2.00. The monoisotopic (exact) mass is 292 g/mol. The maximum atomic E-state index is 11.5. The fourth-order valence-corrected chi connectivity index (χ4v) is 2.81. The smallest absolute Gasteiger partial charge is 0.162 e. The molecule has 0 aliphatic heterocycles. The van der Waals surface area contributed by atoms with E-state index in [1.807, 2.05) is 31.2 Å². The summed E-state index contributed by atoms with van der Waals surface area (Å²) in [5.41, 5.74) is 9.90. The number of carbonyl (C=O) groups excluding carboxylic acids is 1. The van der Waals surface area contributed by atoms with Crippen molar-refractivity contribution in [1.29, 1.82) is 0 Å². The molecule has 0 radical (unpaired) electrons. The third-order valence-electron chi connectivity index (χ3n) is 2.71. The quantitative estimate of drug-likeness (QED) is 0.657. The molecular weight excluding hydrogens is 280 g/mol. The number of Topliss-reactive ketones (excluding diaryl/α,β-unsaturated/α-hetero) is 1. The number of para-hydroxylation sites is 1. The molecule has 4 heteroatoms. The zero-order valence-electron chi connectivity index (χ0n) is 9.67. The second-order valence-corrected chi connectivity index (χ2v) is 4.75. The molecule has 2 rings (SSSR count). The average Bonchev–Trinajstić information content (AvgIpc) is 2.55. The summed E-state index contributed by atoms with van der Waals surface area (Å²) in [6.45, 7) is 3.43. The molecule has 1 heterocycles. The molecule has 0 fully saturated rings. The van der Waals surface area contributed by atoms with Crippen LogP contribution in [0, 0.1) is 6.92 Å². The average molecular weight is 293 g/mol. The molecule has 88 valence electrons. The van der Waals surface area contributed by atoms with Crippen LogP contribution in [-0.4, -0.2) is 10.8 Å². The van der Waals surface area contributed by atoms with Crippen LogP contribution in [0.25, 0.3) is 11.3 Å². The summed E-state index contributed by atoms with van der Waals surface area (Å²) in [6, 6.07) is 7.57. The van der Waals surface area contributed by atoms with Gasteiger partial charge >= 0.3 is 0 Å². The van der Waals surface area contributed by atoms with E-state index in [9.17, 15) is 4.79 Å². The molecule has 0 aliphatic carbocycles. The van der Waals surface area contributed by atoms with Crippen LogP contribution < -0.4 is 5.73 Å². The van der Waals surface area contributed by atoms with E-state index in [1.54, 1.807) is 6.92 Å². The molecule has 0 saturated heterocycles. The SMILES string of the molecule is CC(=O)c1c(C)[nH]c(-c2ccccc2N)c1Br. The highest BCUT2D eigenvalue weighted by Gasteiger charge is 2.18. The van der Waals surface area contributed by atoms with Crippen LogP contribution in [-0.2, 0) is 0 Å². The van der Waals surface area contributed by atoms with Gasteiger partial charge in [-0.2, -0.15) is 0 Å². The van der Waals surface area contributed by atoms with Crippen molar-refractivity contribution in [2.45, 2.75) is 13.8 Å². The Balaban J connectivity index is 2.66. The number of hydrogen-bond donors (Lipinski definition) is 2. The molecule has 0 unspecified atom stereocenters. The lowest BCUT2D eigenvalue weighted by molar-refractivity contribution is 0.101. The van der Waals surface area contributed by atoms with E-state index in [0.29, 0.717) is 11.3 Å². The molecule has 1 aromatic carbocycles. The van der Waals surface area contributed by atoms with Crippen LogP contribution >= 0.6 is 15.9 Å². The minimum absolute atomic E-state index is 0.0337. The predicted molar refractivity (Wildman–Crippen MR) is 73.1 cm³/mol. The Morgan fingerprint density at radius 3 is 2.53 bits per heavy atom. The zero-order valence-corrected chi connectivity index (χ0v) is 11.3. The van der Waals surface area contributed by atoms with Crippen LogP contribution in [0.2, 0.25) is 0 Å². The number of hydrogen-bond acceptors (Lipinski definition) is 2. The Bertz CT molecular complexity index is 587. The number of nitrogen functional groups attached to an aromatic ring is 1. The van der Waals surface area contributed by atoms with Crippen LogP contribution in [0.3, 0.4) is 0 Å². The minimum atomic E-state index is 0.0337. The van der Waals surface area contributed by atoms with Gasteiger partial charge in [-0.25, -0.2) is 0 Å². The molecule has 3 N–H and O–H groups in total. The number of aryl methyl sites for hydroxylation is 1. The minimum Gasteiger partial charge on any atom is -0.398 e. The first-order valence-corrected chi connectivity index (χ1v) is 6.05. The number of carbonyl (C=O) groups is 1. The Morgan fingerprint density at radius 1 is 1.35 bits per heavy atom. The van der Waals surface area contributed by atoms with Crippen molar-refractivity contribution in [3.63, 3.8) is 0 Å². The molecule has 0 saturated carbocycles. The second-order valence-electron chi connectivity index (χ2n) is 3.96. The molecule has 0 spiro atoms. The van der Waals surface area contributed by atoms with E-state index < -0.39 is 0 Å². The Hall–Kier alpha value is -1.55. The van der Waals surface area contributed by atoms with Gasteiger partial charge in [0.2, 0.25) is 0 Å². The van der Waals surface area contributed by atoms with Gasteiger partial charge in [0.25, 0.3) is 0 Å². The predicted octanol–water partition coefficient (Wildman–Crippen LogP) is 3.54. The van der Waals surface area contributed by atoms with Gasteiger partial charge in [0.05, 0.1) is 15.7 Å². The van der Waals surface area contributed by atoms with Crippen molar-refractivity contribution >= 4 is 27.4 Å². The Labute approximate surface area is 108 Å². The van der Waals surface area contributed by atoms with E-state index in [4.69, 9.17) is 5.73 Å². The van der Waals surface area contributed by atoms with E-state index in [-0.39, 0.29) is 5.78 Å². The van der Waals surface area contributed by atoms with Crippen molar-refractivity contribution in [2.75, 3.05) is 5.73 Å². The molecule has 2 aromatic rings. The molecule has 0 bridgehead atoms. The Kier molecular flexibility index (Phi) is 3.07. The molecule has 0 amide bonds. The van der Waals surface area contributed by atoms with E-state index in [0.717, 1.165) is 21.4 Å². The summed E-state index contributed by atoms with van der Waals surface area (Å²) in [7, 11) is 0. The maximum Gasteiger partial charge on any atom is 0.162 e. The van der Waals surface area contributed by atoms with Crippen molar-refractivity contribution in [3.8, 4) is 11.3 Å². The number of ketones is 1. The van der Waals surface area contributed by atoms with Gasteiger partial charge in [-0.3, -0.25) is 4.79 Å².